The van der Waals surface area contributed by atoms with Gasteiger partial charge in [0.2, 0.25) is 0 Å². The Hall–Kier alpha value is -1.21. The number of aliphatic carboxylic acids is 1. The number of carbonyl (C=O) groups excluding carboxylic acids is 1. The van der Waals surface area contributed by atoms with Crippen LogP contribution in [0.25, 0.3) is 0 Å². The minimum atomic E-state index is -1.18. The van der Waals surface area contributed by atoms with Crippen molar-refractivity contribution in [1.82, 2.24) is 5.32 Å². The molecule has 1 aliphatic rings. The minimum Gasteiger partial charge on any atom is -0.497 e. The Morgan fingerprint density at radius 3 is 2.62 bits per heavy atom. The Balaban J connectivity index is 2.25. The zero-order valence-corrected chi connectivity index (χ0v) is 13.9. The van der Waals surface area contributed by atoms with E-state index in [0.717, 1.165) is 11.5 Å². The van der Waals surface area contributed by atoms with Crippen LogP contribution in [0.5, 0.6) is 5.75 Å². The van der Waals surface area contributed by atoms with Gasteiger partial charge in [0.05, 0.1) is 12.7 Å². The Kier molecular flexibility index (Phi) is 5.16. The molecule has 0 aliphatic carbocycles. The summed E-state index contributed by atoms with van der Waals surface area (Å²) in [6.45, 7) is 0. The van der Waals surface area contributed by atoms with E-state index in [0.29, 0.717) is 28.6 Å². The lowest BCUT2D eigenvalue weighted by Crippen LogP contribution is -2.56. The zero-order chi connectivity index (χ0) is 15.5. The van der Waals surface area contributed by atoms with Crippen molar-refractivity contribution in [1.29, 1.82) is 0 Å². The van der Waals surface area contributed by atoms with E-state index in [9.17, 15) is 14.7 Å². The van der Waals surface area contributed by atoms with E-state index in [4.69, 9.17) is 4.74 Å². The molecule has 0 saturated carbocycles. The fourth-order valence-corrected chi connectivity index (χ4v) is 3.82. The highest BCUT2D eigenvalue weighted by atomic mass is 79.9. The van der Waals surface area contributed by atoms with E-state index in [1.165, 1.54) is 7.11 Å². The fraction of sp³-hybridized carbons (Fsp3) is 0.429. The minimum absolute atomic E-state index is 0.369. The first-order chi connectivity index (χ1) is 9.98. The molecule has 114 valence electrons. The topological polar surface area (TPSA) is 75.6 Å². The molecule has 0 radical (unpaired) electrons. The van der Waals surface area contributed by atoms with E-state index in [2.05, 4.69) is 21.2 Å². The molecule has 0 bridgehead atoms. The van der Waals surface area contributed by atoms with Gasteiger partial charge in [-0.25, -0.2) is 4.79 Å². The Morgan fingerprint density at radius 2 is 2.05 bits per heavy atom. The van der Waals surface area contributed by atoms with Gasteiger partial charge in [-0.15, -0.1) is 0 Å². The number of amides is 1. The molecule has 5 nitrogen and oxygen atoms in total. The largest absolute Gasteiger partial charge is 0.497 e. The van der Waals surface area contributed by atoms with Crippen LogP contribution in [0.1, 0.15) is 23.2 Å². The number of thioether (sulfide) groups is 1. The van der Waals surface area contributed by atoms with E-state index >= 15 is 0 Å². The number of halogens is 1. The molecule has 7 heteroatoms. The number of carboxylic acids is 1. The SMILES string of the molecule is COc1ccc(Br)c(C(=O)NC2(C(=O)O)CCSCC2)c1. The van der Waals surface area contributed by atoms with Crippen LogP contribution in [0.3, 0.4) is 0 Å². The Morgan fingerprint density at radius 1 is 1.38 bits per heavy atom. The summed E-state index contributed by atoms with van der Waals surface area (Å²) in [4.78, 5) is 24.0. The number of rotatable bonds is 4. The number of nitrogens with one attached hydrogen (secondary N) is 1. The maximum absolute atomic E-state index is 12.4. The van der Waals surface area contributed by atoms with Crippen LogP contribution in [0.4, 0.5) is 0 Å². The third-order valence-corrected chi connectivity index (χ3v) is 5.20. The molecule has 1 aliphatic heterocycles. The highest BCUT2D eigenvalue weighted by Crippen LogP contribution is 2.29. The summed E-state index contributed by atoms with van der Waals surface area (Å²) in [7, 11) is 1.52. The van der Waals surface area contributed by atoms with Crippen molar-refractivity contribution in [3.05, 3.63) is 28.2 Å². The number of hydrogen-bond donors (Lipinski definition) is 2. The van der Waals surface area contributed by atoms with Gasteiger partial charge >= 0.3 is 5.97 Å². The number of hydrogen-bond acceptors (Lipinski definition) is 4. The molecule has 0 aromatic heterocycles. The summed E-state index contributed by atoms with van der Waals surface area (Å²) in [5.41, 5.74) is -0.807. The second-order valence-corrected chi connectivity index (χ2v) is 6.88. The molecule has 1 aromatic carbocycles. The van der Waals surface area contributed by atoms with Crippen molar-refractivity contribution in [3.63, 3.8) is 0 Å². The van der Waals surface area contributed by atoms with Gasteiger partial charge in [-0.05, 0) is 58.5 Å². The number of methoxy groups -OCH3 is 1. The van der Waals surface area contributed by atoms with E-state index in [-0.39, 0.29) is 0 Å². The molecular formula is C14H16BrNO4S. The average molecular weight is 374 g/mol. The Labute approximate surface area is 135 Å². The standard InChI is InChI=1S/C14H16BrNO4S/c1-20-9-2-3-11(15)10(8-9)12(17)16-14(13(18)19)4-6-21-7-5-14/h2-3,8H,4-7H2,1H3,(H,16,17)(H,18,19). The van der Waals surface area contributed by atoms with Crippen LogP contribution in [0.2, 0.25) is 0 Å². The average Bonchev–Trinajstić information content (AvgIpc) is 2.48. The molecule has 2 rings (SSSR count). The lowest BCUT2D eigenvalue weighted by atomic mass is 9.92. The van der Waals surface area contributed by atoms with Crippen molar-refractivity contribution in [2.24, 2.45) is 0 Å². The third kappa shape index (κ3) is 3.52. The summed E-state index contributed by atoms with van der Waals surface area (Å²) in [6, 6.07) is 5.02. The highest BCUT2D eigenvalue weighted by molar-refractivity contribution is 9.10. The summed E-state index contributed by atoms with van der Waals surface area (Å²) < 4.78 is 5.71. The fourth-order valence-electron chi connectivity index (χ4n) is 2.20. The molecule has 2 N–H and O–H groups in total. The van der Waals surface area contributed by atoms with Crippen molar-refractivity contribution >= 4 is 39.6 Å². The van der Waals surface area contributed by atoms with Gasteiger partial charge in [0.25, 0.3) is 5.91 Å². The number of benzene rings is 1. The predicted octanol–water partition coefficient (Wildman–Crippen LogP) is 2.54. The first-order valence-corrected chi connectivity index (χ1v) is 8.40. The maximum atomic E-state index is 12.4. The van der Waals surface area contributed by atoms with Crippen molar-refractivity contribution in [3.8, 4) is 5.75 Å². The van der Waals surface area contributed by atoms with Crippen LogP contribution in [0.15, 0.2) is 22.7 Å². The molecule has 1 aromatic rings. The van der Waals surface area contributed by atoms with Gasteiger partial charge in [-0.1, -0.05) is 0 Å². The molecule has 0 spiro atoms. The molecular weight excluding hydrogens is 358 g/mol. The van der Waals surface area contributed by atoms with Crippen LogP contribution in [0, 0.1) is 0 Å². The monoisotopic (exact) mass is 373 g/mol. The van der Waals surface area contributed by atoms with Crippen LogP contribution in [-0.4, -0.2) is 41.1 Å². The van der Waals surface area contributed by atoms with Gasteiger partial charge in [0, 0.05) is 4.47 Å². The summed E-state index contributed by atoms with van der Waals surface area (Å²) in [6.07, 6.45) is 0.862. The van der Waals surface area contributed by atoms with Crippen LogP contribution >= 0.6 is 27.7 Å². The smallest absolute Gasteiger partial charge is 0.329 e. The van der Waals surface area contributed by atoms with E-state index in [1.807, 2.05) is 0 Å². The van der Waals surface area contributed by atoms with Gasteiger partial charge < -0.3 is 15.2 Å². The quantitative estimate of drug-likeness (QED) is 0.847. The van der Waals surface area contributed by atoms with Gasteiger partial charge in [-0.3, -0.25) is 4.79 Å². The second-order valence-electron chi connectivity index (χ2n) is 4.80. The van der Waals surface area contributed by atoms with E-state index < -0.39 is 17.4 Å². The summed E-state index contributed by atoms with van der Waals surface area (Å²) in [5, 5.41) is 12.2. The van der Waals surface area contributed by atoms with Crippen molar-refractivity contribution in [2.75, 3.05) is 18.6 Å². The van der Waals surface area contributed by atoms with Gasteiger partial charge in [-0.2, -0.15) is 11.8 Å². The summed E-state index contributed by atoms with van der Waals surface area (Å²) >= 11 is 5.01. The van der Waals surface area contributed by atoms with Gasteiger partial charge in [0.15, 0.2) is 0 Å². The molecule has 1 heterocycles. The zero-order valence-electron chi connectivity index (χ0n) is 11.5. The van der Waals surface area contributed by atoms with Crippen molar-refractivity contribution in [2.45, 2.75) is 18.4 Å². The molecule has 21 heavy (non-hydrogen) atoms. The first kappa shape index (κ1) is 16.2. The molecule has 0 atom stereocenters. The number of carbonyl (C=O) groups is 2. The molecule has 1 saturated heterocycles. The first-order valence-electron chi connectivity index (χ1n) is 6.46. The molecule has 0 unspecified atom stereocenters. The molecule has 1 fully saturated rings. The van der Waals surface area contributed by atoms with E-state index in [1.54, 1.807) is 30.0 Å². The lowest BCUT2D eigenvalue weighted by Gasteiger charge is -2.33. The highest BCUT2D eigenvalue weighted by Gasteiger charge is 2.41. The number of carboxylic acid groups (broad SMARTS) is 1. The predicted molar refractivity (Wildman–Crippen MR) is 85.1 cm³/mol. The number of ether oxygens (including phenoxy) is 1. The third-order valence-electron chi connectivity index (χ3n) is 3.53. The van der Waals surface area contributed by atoms with Crippen LogP contribution in [-0.2, 0) is 4.79 Å². The molecule has 1 amide bonds. The Bertz CT molecular complexity index is 558. The van der Waals surface area contributed by atoms with Crippen LogP contribution < -0.4 is 10.1 Å². The summed E-state index contributed by atoms with van der Waals surface area (Å²) in [5.74, 6) is 0.620. The van der Waals surface area contributed by atoms with Gasteiger partial charge in [0.1, 0.15) is 11.3 Å². The lowest BCUT2D eigenvalue weighted by molar-refractivity contribution is -0.144. The normalized spacial score (nSPS) is 17.0. The van der Waals surface area contributed by atoms with Crippen molar-refractivity contribution < 1.29 is 19.4 Å². The maximum Gasteiger partial charge on any atom is 0.329 e. The second kappa shape index (κ2) is 6.70.